The minimum Gasteiger partial charge on any atom is -0.506 e. The van der Waals surface area contributed by atoms with Gasteiger partial charge in [0.05, 0.1) is 10.6 Å². The van der Waals surface area contributed by atoms with Gasteiger partial charge in [-0.1, -0.05) is 11.6 Å². The second-order valence-electron chi connectivity index (χ2n) is 3.32. The number of hydrogen-bond acceptors (Lipinski definition) is 2. The van der Waals surface area contributed by atoms with Crippen LogP contribution in [-0.4, -0.2) is 10.2 Å². The Morgan fingerprint density at radius 2 is 2.00 bits per heavy atom. The fraction of sp³-hybridized carbons (Fsp3) is 0.333. The molecule has 1 aliphatic carbocycles. The monoisotopic (exact) mass is 202 g/mol. The second kappa shape index (κ2) is 2.59. The fourth-order valence-corrected chi connectivity index (χ4v) is 1.44. The first-order valence-corrected chi connectivity index (χ1v) is 4.31. The van der Waals surface area contributed by atoms with E-state index < -0.39 is 11.4 Å². The molecule has 13 heavy (non-hydrogen) atoms. The van der Waals surface area contributed by atoms with Gasteiger partial charge in [0.25, 0.3) is 0 Å². The highest BCUT2D eigenvalue weighted by Gasteiger charge is 2.44. The van der Waals surface area contributed by atoms with E-state index in [0.717, 1.165) is 6.07 Å². The Kier molecular flexibility index (Phi) is 1.75. The first kappa shape index (κ1) is 8.78. The van der Waals surface area contributed by atoms with Crippen LogP contribution in [0.25, 0.3) is 0 Å². The van der Waals surface area contributed by atoms with Crippen molar-refractivity contribution >= 4 is 11.6 Å². The first-order valence-electron chi connectivity index (χ1n) is 3.94. The summed E-state index contributed by atoms with van der Waals surface area (Å²) >= 11 is 5.59. The van der Waals surface area contributed by atoms with Crippen LogP contribution in [0.5, 0.6) is 5.75 Å². The van der Waals surface area contributed by atoms with E-state index in [2.05, 4.69) is 0 Å². The normalized spacial score (nSPS) is 18.7. The zero-order chi connectivity index (χ0) is 9.64. The maximum atomic E-state index is 13.2. The van der Waals surface area contributed by atoms with Crippen molar-refractivity contribution < 1.29 is 14.6 Å². The van der Waals surface area contributed by atoms with Gasteiger partial charge in [0.1, 0.15) is 11.6 Å². The average Bonchev–Trinajstić information content (AvgIpc) is 2.77. The summed E-state index contributed by atoms with van der Waals surface area (Å²) in [6, 6.07) is 2.20. The third-order valence-corrected chi connectivity index (χ3v) is 2.56. The molecule has 2 rings (SSSR count). The molecule has 4 heteroatoms. The van der Waals surface area contributed by atoms with Crippen LogP contribution < -0.4 is 0 Å². The number of rotatable bonds is 1. The molecule has 0 bridgehead atoms. The largest absolute Gasteiger partial charge is 0.506 e. The van der Waals surface area contributed by atoms with E-state index in [-0.39, 0.29) is 16.3 Å². The van der Waals surface area contributed by atoms with Gasteiger partial charge in [-0.3, -0.25) is 0 Å². The van der Waals surface area contributed by atoms with Crippen molar-refractivity contribution in [1.82, 2.24) is 0 Å². The molecule has 0 radical (unpaired) electrons. The minimum absolute atomic E-state index is 0.0664. The van der Waals surface area contributed by atoms with Crippen LogP contribution in [-0.2, 0) is 5.60 Å². The van der Waals surface area contributed by atoms with Crippen LogP contribution in [0.4, 0.5) is 4.39 Å². The smallest absolute Gasteiger partial charge is 0.137 e. The SMILES string of the molecule is Oc1cc(F)c(C2(O)CC2)cc1Cl. The Labute approximate surface area is 79.6 Å². The molecule has 0 heterocycles. The molecule has 1 aromatic rings. The second-order valence-corrected chi connectivity index (χ2v) is 3.72. The summed E-state index contributed by atoms with van der Waals surface area (Å²) in [4.78, 5) is 0. The van der Waals surface area contributed by atoms with E-state index in [1.165, 1.54) is 6.07 Å². The van der Waals surface area contributed by atoms with Gasteiger partial charge < -0.3 is 10.2 Å². The molecule has 0 atom stereocenters. The number of phenols is 1. The van der Waals surface area contributed by atoms with Gasteiger partial charge in [0.2, 0.25) is 0 Å². The van der Waals surface area contributed by atoms with E-state index in [0.29, 0.717) is 12.8 Å². The van der Waals surface area contributed by atoms with Crippen LogP contribution in [0.2, 0.25) is 5.02 Å². The highest BCUT2D eigenvalue weighted by molar-refractivity contribution is 6.32. The van der Waals surface area contributed by atoms with Crippen molar-refractivity contribution in [2.75, 3.05) is 0 Å². The lowest BCUT2D eigenvalue weighted by atomic mass is 10.1. The van der Waals surface area contributed by atoms with Gasteiger partial charge in [-0.05, 0) is 18.9 Å². The fourth-order valence-electron chi connectivity index (χ4n) is 1.28. The summed E-state index contributed by atoms with van der Waals surface area (Å²) in [5, 5.41) is 18.7. The molecule has 1 aliphatic rings. The molecular formula is C9H8ClFO2. The quantitative estimate of drug-likeness (QED) is 0.733. The molecule has 0 amide bonds. The molecule has 0 aliphatic heterocycles. The summed E-state index contributed by atoms with van der Waals surface area (Å²) in [5.74, 6) is -0.908. The van der Waals surface area contributed by atoms with Gasteiger partial charge in [-0.2, -0.15) is 0 Å². The van der Waals surface area contributed by atoms with Crippen molar-refractivity contribution in [2.45, 2.75) is 18.4 Å². The standard InChI is InChI=1S/C9H8ClFO2/c10-6-3-5(9(13)1-2-9)7(11)4-8(6)12/h3-4,12-13H,1-2H2. The number of aliphatic hydroxyl groups is 1. The average molecular weight is 203 g/mol. The van der Waals surface area contributed by atoms with Crippen LogP contribution in [0.3, 0.4) is 0 Å². The lowest BCUT2D eigenvalue weighted by Gasteiger charge is -2.10. The maximum Gasteiger partial charge on any atom is 0.137 e. The Bertz CT molecular complexity index is 361. The van der Waals surface area contributed by atoms with Crippen molar-refractivity contribution in [3.8, 4) is 5.75 Å². The third-order valence-electron chi connectivity index (χ3n) is 2.26. The summed E-state index contributed by atoms with van der Waals surface area (Å²) < 4.78 is 13.2. The molecule has 2 nitrogen and oxygen atoms in total. The van der Waals surface area contributed by atoms with Gasteiger partial charge in [0.15, 0.2) is 0 Å². The zero-order valence-corrected chi connectivity index (χ0v) is 7.48. The molecule has 70 valence electrons. The summed E-state index contributed by atoms with van der Waals surface area (Å²) in [5.41, 5.74) is -0.878. The lowest BCUT2D eigenvalue weighted by Crippen LogP contribution is -2.07. The Hall–Kier alpha value is -0.800. The number of hydrogen-bond donors (Lipinski definition) is 2. The lowest BCUT2D eigenvalue weighted by molar-refractivity contribution is 0.146. The van der Waals surface area contributed by atoms with E-state index in [1.54, 1.807) is 0 Å². The van der Waals surface area contributed by atoms with E-state index in [4.69, 9.17) is 16.7 Å². The topological polar surface area (TPSA) is 40.5 Å². The first-order chi connectivity index (χ1) is 6.03. The highest BCUT2D eigenvalue weighted by Crippen LogP contribution is 2.47. The van der Waals surface area contributed by atoms with Crippen LogP contribution in [0.1, 0.15) is 18.4 Å². The molecule has 1 fully saturated rings. The van der Waals surface area contributed by atoms with E-state index in [9.17, 15) is 9.50 Å². The van der Waals surface area contributed by atoms with Gasteiger partial charge in [-0.15, -0.1) is 0 Å². The molecule has 1 aromatic carbocycles. The molecule has 0 aromatic heterocycles. The predicted molar refractivity (Wildman–Crippen MR) is 46.2 cm³/mol. The van der Waals surface area contributed by atoms with Crippen LogP contribution >= 0.6 is 11.6 Å². The van der Waals surface area contributed by atoms with Crippen molar-refractivity contribution in [2.24, 2.45) is 0 Å². The Morgan fingerprint density at radius 1 is 1.38 bits per heavy atom. The number of aromatic hydroxyl groups is 1. The predicted octanol–water partition coefficient (Wildman–Crippen LogP) is 2.17. The van der Waals surface area contributed by atoms with E-state index in [1.807, 2.05) is 0 Å². The van der Waals surface area contributed by atoms with Crippen molar-refractivity contribution in [3.63, 3.8) is 0 Å². The number of phenolic OH excluding ortho intramolecular Hbond substituents is 1. The van der Waals surface area contributed by atoms with Crippen LogP contribution in [0, 0.1) is 5.82 Å². The van der Waals surface area contributed by atoms with E-state index >= 15 is 0 Å². The summed E-state index contributed by atoms with van der Waals surface area (Å²) in [7, 11) is 0. The zero-order valence-electron chi connectivity index (χ0n) is 6.72. The molecule has 2 N–H and O–H groups in total. The molecule has 1 saturated carbocycles. The third kappa shape index (κ3) is 1.38. The molecule has 0 saturated heterocycles. The summed E-state index contributed by atoms with van der Waals surface area (Å²) in [6.07, 6.45) is 1.09. The Morgan fingerprint density at radius 3 is 2.54 bits per heavy atom. The number of benzene rings is 1. The van der Waals surface area contributed by atoms with Crippen LogP contribution in [0.15, 0.2) is 12.1 Å². The maximum absolute atomic E-state index is 13.2. The summed E-state index contributed by atoms with van der Waals surface area (Å²) in [6.45, 7) is 0. The molecular weight excluding hydrogens is 195 g/mol. The van der Waals surface area contributed by atoms with Gasteiger partial charge in [0, 0.05) is 11.6 Å². The minimum atomic E-state index is -1.05. The Balaban J connectivity index is 2.52. The van der Waals surface area contributed by atoms with Crippen molar-refractivity contribution in [3.05, 3.63) is 28.5 Å². The van der Waals surface area contributed by atoms with Gasteiger partial charge >= 0.3 is 0 Å². The highest BCUT2D eigenvalue weighted by atomic mass is 35.5. The van der Waals surface area contributed by atoms with Gasteiger partial charge in [-0.25, -0.2) is 4.39 Å². The molecule has 0 unspecified atom stereocenters. The number of halogens is 2. The molecule has 0 spiro atoms. The van der Waals surface area contributed by atoms with Crippen molar-refractivity contribution in [1.29, 1.82) is 0 Å².